The molecular formula is C23H26N2O5. The second-order valence-electron chi connectivity index (χ2n) is 6.82. The molecule has 0 saturated carbocycles. The van der Waals surface area contributed by atoms with Crippen molar-refractivity contribution >= 4 is 11.6 Å². The summed E-state index contributed by atoms with van der Waals surface area (Å²) in [4.78, 5) is 12.1. The Morgan fingerprint density at radius 2 is 1.80 bits per heavy atom. The third-order valence-corrected chi connectivity index (χ3v) is 4.77. The zero-order chi connectivity index (χ0) is 21.7. The van der Waals surface area contributed by atoms with Gasteiger partial charge in [-0.3, -0.25) is 4.79 Å². The summed E-state index contributed by atoms with van der Waals surface area (Å²) in [6.45, 7) is 3.90. The predicted octanol–water partition coefficient (Wildman–Crippen LogP) is 5.08. The van der Waals surface area contributed by atoms with Crippen LogP contribution in [0.3, 0.4) is 0 Å². The fourth-order valence-corrected chi connectivity index (χ4v) is 3.35. The van der Waals surface area contributed by atoms with Crippen molar-refractivity contribution in [2.45, 2.75) is 26.7 Å². The van der Waals surface area contributed by atoms with E-state index in [-0.39, 0.29) is 5.91 Å². The highest BCUT2D eigenvalue weighted by Crippen LogP contribution is 2.40. The monoisotopic (exact) mass is 410 g/mol. The molecule has 0 aliphatic rings. The number of aromatic nitrogens is 1. The standard InChI is InChI=1S/C23H26N2O5/c1-6-7-21(26)24-18-11-15(8-9-19(18)27-3)17-13-30-25-22(17)16-10-14(2)23(29-5)20(12-16)28-4/h8-13H,6-7H2,1-5H3,(H,24,26). The average molecular weight is 410 g/mol. The lowest BCUT2D eigenvalue weighted by molar-refractivity contribution is -0.116. The summed E-state index contributed by atoms with van der Waals surface area (Å²) < 4.78 is 21.6. The predicted molar refractivity (Wildman–Crippen MR) is 115 cm³/mol. The van der Waals surface area contributed by atoms with Gasteiger partial charge in [0.05, 0.1) is 27.0 Å². The van der Waals surface area contributed by atoms with Crippen LogP contribution in [0.25, 0.3) is 22.4 Å². The number of hydrogen-bond acceptors (Lipinski definition) is 6. The molecule has 3 aromatic rings. The van der Waals surface area contributed by atoms with E-state index in [0.717, 1.165) is 28.7 Å². The Bertz CT molecular complexity index is 1040. The third-order valence-electron chi connectivity index (χ3n) is 4.77. The zero-order valence-electron chi connectivity index (χ0n) is 17.9. The van der Waals surface area contributed by atoms with E-state index in [9.17, 15) is 4.79 Å². The molecule has 0 unspecified atom stereocenters. The average Bonchev–Trinajstić information content (AvgIpc) is 3.23. The van der Waals surface area contributed by atoms with E-state index in [2.05, 4.69) is 10.5 Å². The Kier molecular flexibility index (Phi) is 6.61. The Morgan fingerprint density at radius 1 is 1.03 bits per heavy atom. The van der Waals surface area contributed by atoms with Crippen molar-refractivity contribution in [1.29, 1.82) is 0 Å². The van der Waals surface area contributed by atoms with Gasteiger partial charge < -0.3 is 24.1 Å². The van der Waals surface area contributed by atoms with Crippen molar-refractivity contribution in [2.24, 2.45) is 0 Å². The molecule has 7 nitrogen and oxygen atoms in total. The molecule has 0 spiro atoms. The first-order valence-corrected chi connectivity index (χ1v) is 9.68. The van der Waals surface area contributed by atoms with Crippen LogP contribution >= 0.6 is 0 Å². The van der Waals surface area contributed by atoms with Gasteiger partial charge in [0.15, 0.2) is 11.5 Å². The summed E-state index contributed by atoms with van der Waals surface area (Å²) in [7, 11) is 4.78. The van der Waals surface area contributed by atoms with E-state index in [1.165, 1.54) is 0 Å². The van der Waals surface area contributed by atoms with Gasteiger partial charge in [0, 0.05) is 17.5 Å². The molecule has 0 atom stereocenters. The molecule has 1 heterocycles. The van der Waals surface area contributed by atoms with Crippen LogP contribution < -0.4 is 19.5 Å². The van der Waals surface area contributed by atoms with Crippen LogP contribution in [0.5, 0.6) is 17.2 Å². The summed E-state index contributed by atoms with van der Waals surface area (Å²) in [5, 5.41) is 7.12. The third kappa shape index (κ3) is 4.25. The van der Waals surface area contributed by atoms with Crippen LogP contribution in [-0.2, 0) is 4.79 Å². The molecule has 0 radical (unpaired) electrons. The van der Waals surface area contributed by atoms with Gasteiger partial charge in [-0.25, -0.2) is 0 Å². The first-order valence-electron chi connectivity index (χ1n) is 9.68. The van der Waals surface area contributed by atoms with Gasteiger partial charge in [-0.2, -0.15) is 0 Å². The molecule has 1 N–H and O–H groups in total. The molecule has 158 valence electrons. The lowest BCUT2D eigenvalue weighted by Crippen LogP contribution is -2.11. The van der Waals surface area contributed by atoms with Gasteiger partial charge in [-0.1, -0.05) is 18.1 Å². The SMILES string of the molecule is CCCC(=O)Nc1cc(-c2conc2-c2cc(C)c(OC)c(OC)c2)ccc1OC. The van der Waals surface area contributed by atoms with Gasteiger partial charge in [0.25, 0.3) is 0 Å². The number of rotatable bonds is 8. The Morgan fingerprint density at radius 3 is 2.47 bits per heavy atom. The van der Waals surface area contributed by atoms with Crippen molar-refractivity contribution in [1.82, 2.24) is 5.16 Å². The molecule has 2 aromatic carbocycles. The smallest absolute Gasteiger partial charge is 0.224 e. The minimum atomic E-state index is -0.0611. The van der Waals surface area contributed by atoms with E-state index in [4.69, 9.17) is 18.7 Å². The number of anilines is 1. The first kappa shape index (κ1) is 21.2. The van der Waals surface area contributed by atoms with E-state index in [0.29, 0.717) is 35.1 Å². The van der Waals surface area contributed by atoms with E-state index in [1.54, 1.807) is 27.6 Å². The Hall–Kier alpha value is -3.48. The zero-order valence-corrected chi connectivity index (χ0v) is 17.9. The summed E-state index contributed by atoms with van der Waals surface area (Å²) in [6.07, 6.45) is 2.79. The van der Waals surface area contributed by atoms with Crippen LogP contribution in [0, 0.1) is 6.92 Å². The molecule has 1 amide bonds. The minimum absolute atomic E-state index is 0.0611. The van der Waals surface area contributed by atoms with E-state index < -0.39 is 0 Å². The van der Waals surface area contributed by atoms with Gasteiger partial charge in [0.1, 0.15) is 17.7 Å². The highest BCUT2D eigenvalue weighted by Gasteiger charge is 2.18. The maximum atomic E-state index is 12.1. The number of nitrogens with zero attached hydrogens (tertiary/aromatic N) is 1. The van der Waals surface area contributed by atoms with Crippen LogP contribution in [0.15, 0.2) is 41.1 Å². The molecule has 30 heavy (non-hydrogen) atoms. The normalized spacial score (nSPS) is 10.6. The van der Waals surface area contributed by atoms with E-state index in [1.807, 2.05) is 44.2 Å². The summed E-state index contributed by atoms with van der Waals surface area (Å²) in [6, 6.07) is 9.40. The highest BCUT2D eigenvalue weighted by molar-refractivity contribution is 5.94. The van der Waals surface area contributed by atoms with Gasteiger partial charge >= 0.3 is 0 Å². The first-order chi connectivity index (χ1) is 14.5. The van der Waals surface area contributed by atoms with Gasteiger partial charge in [0.2, 0.25) is 5.91 Å². The van der Waals surface area contributed by atoms with Crippen LogP contribution in [-0.4, -0.2) is 32.4 Å². The minimum Gasteiger partial charge on any atom is -0.495 e. The molecule has 1 aromatic heterocycles. The highest BCUT2D eigenvalue weighted by atomic mass is 16.5. The quantitative estimate of drug-likeness (QED) is 0.557. The molecule has 0 saturated heterocycles. The summed E-state index contributed by atoms with van der Waals surface area (Å²) >= 11 is 0. The molecule has 7 heteroatoms. The fraction of sp³-hybridized carbons (Fsp3) is 0.304. The number of amides is 1. The number of hydrogen-bond donors (Lipinski definition) is 1. The molecule has 3 rings (SSSR count). The van der Waals surface area contributed by atoms with Crippen molar-refractivity contribution in [3.05, 3.63) is 42.2 Å². The van der Waals surface area contributed by atoms with Crippen molar-refractivity contribution in [2.75, 3.05) is 26.6 Å². The summed E-state index contributed by atoms with van der Waals surface area (Å²) in [5.74, 6) is 1.82. The molecule has 0 bridgehead atoms. The Balaban J connectivity index is 2.05. The second kappa shape index (κ2) is 9.35. The van der Waals surface area contributed by atoms with Gasteiger partial charge in [-0.15, -0.1) is 0 Å². The van der Waals surface area contributed by atoms with Crippen LogP contribution in [0.4, 0.5) is 5.69 Å². The number of ether oxygens (including phenoxy) is 3. The number of nitrogens with one attached hydrogen (secondary N) is 1. The molecule has 0 fully saturated rings. The fourth-order valence-electron chi connectivity index (χ4n) is 3.35. The maximum absolute atomic E-state index is 12.1. The maximum Gasteiger partial charge on any atom is 0.224 e. The van der Waals surface area contributed by atoms with Gasteiger partial charge in [-0.05, 0) is 48.7 Å². The Labute approximate surface area is 175 Å². The van der Waals surface area contributed by atoms with Crippen LogP contribution in [0.2, 0.25) is 0 Å². The topological polar surface area (TPSA) is 82.8 Å². The number of carbonyl (C=O) groups excluding carboxylic acids is 1. The number of aryl methyl sites for hydroxylation is 1. The van der Waals surface area contributed by atoms with Crippen molar-refractivity contribution < 1.29 is 23.5 Å². The van der Waals surface area contributed by atoms with E-state index >= 15 is 0 Å². The summed E-state index contributed by atoms with van der Waals surface area (Å²) in [5.41, 5.74) is 4.64. The molecule has 0 aliphatic heterocycles. The molecular weight excluding hydrogens is 384 g/mol. The largest absolute Gasteiger partial charge is 0.495 e. The van der Waals surface area contributed by atoms with Crippen molar-refractivity contribution in [3.8, 4) is 39.6 Å². The lowest BCUT2D eigenvalue weighted by Gasteiger charge is -2.13. The molecule has 0 aliphatic carbocycles. The number of carbonyl (C=O) groups is 1. The lowest BCUT2D eigenvalue weighted by atomic mass is 9.99. The van der Waals surface area contributed by atoms with Crippen LogP contribution in [0.1, 0.15) is 25.3 Å². The number of methoxy groups -OCH3 is 3. The second-order valence-corrected chi connectivity index (χ2v) is 6.82. The number of benzene rings is 2. The van der Waals surface area contributed by atoms with Crippen molar-refractivity contribution in [3.63, 3.8) is 0 Å².